The third kappa shape index (κ3) is 12.7. The van der Waals surface area contributed by atoms with Gasteiger partial charge in [-0.05, 0) is 85.0 Å². The first-order valence-corrected chi connectivity index (χ1v) is 15.0. The van der Waals surface area contributed by atoms with Gasteiger partial charge in [0.05, 0.1) is 38.6 Å². The summed E-state index contributed by atoms with van der Waals surface area (Å²) in [5.41, 5.74) is 4.51. The van der Waals surface area contributed by atoms with Gasteiger partial charge in [0.15, 0.2) is 0 Å². The maximum Gasteiger partial charge on any atom is 0.335 e. The highest BCUT2D eigenvalue weighted by atomic mass is 16.5. The number of carbonyl (C=O) groups excluding carboxylic acids is 2. The summed E-state index contributed by atoms with van der Waals surface area (Å²) in [6, 6.07) is 24.5. The van der Waals surface area contributed by atoms with Crippen LogP contribution in [0.4, 0.5) is 0 Å². The second-order valence-corrected chi connectivity index (χ2v) is 10.1. The number of benzene rings is 3. The Morgan fingerprint density at radius 2 is 1.05 bits per heavy atom. The van der Waals surface area contributed by atoms with E-state index in [9.17, 15) is 9.59 Å². The molecule has 3 aromatic carbocycles. The molecule has 7 heteroatoms. The number of aliphatic hydroxyl groups is 1. The quantitative estimate of drug-likeness (QED) is 0.0625. The van der Waals surface area contributed by atoms with Crippen molar-refractivity contribution in [1.29, 1.82) is 0 Å². The molecule has 0 atom stereocenters. The summed E-state index contributed by atoms with van der Waals surface area (Å²) in [5.74, 6) is 0.711. The molecule has 0 unspecified atom stereocenters. The van der Waals surface area contributed by atoms with Gasteiger partial charge in [-0.1, -0.05) is 73.8 Å². The second kappa shape index (κ2) is 19.5. The first-order chi connectivity index (χ1) is 21.5. The minimum atomic E-state index is -0.563. The Kier molecular flexibility index (Phi) is 15.0. The van der Waals surface area contributed by atoms with Crippen molar-refractivity contribution in [3.63, 3.8) is 0 Å². The highest BCUT2D eigenvalue weighted by molar-refractivity contribution is 5.87. The molecule has 0 aliphatic heterocycles. The van der Waals surface area contributed by atoms with E-state index in [4.69, 9.17) is 24.1 Å². The zero-order valence-corrected chi connectivity index (χ0v) is 25.2. The largest absolute Gasteiger partial charge is 0.494 e. The van der Waals surface area contributed by atoms with E-state index in [0.717, 1.165) is 65.9 Å². The number of ether oxygens (including phenoxy) is 4. The highest BCUT2D eigenvalue weighted by Gasteiger charge is 2.06. The lowest BCUT2D eigenvalue weighted by Gasteiger charge is -2.08. The first kappa shape index (κ1) is 33.9. The fourth-order valence-corrected chi connectivity index (χ4v) is 4.10. The van der Waals surface area contributed by atoms with E-state index in [1.165, 1.54) is 6.08 Å². The molecular weight excluding hydrogens is 556 g/mol. The van der Waals surface area contributed by atoms with Gasteiger partial charge in [-0.15, -0.1) is 0 Å². The van der Waals surface area contributed by atoms with Gasteiger partial charge in [0.2, 0.25) is 0 Å². The van der Waals surface area contributed by atoms with E-state index >= 15 is 0 Å². The molecule has 0 aliphatic rings. The molecule has 3 rings (SSSR count). The van der Waals surface area contributed by atoms with Gasteiger partial charge in [-0.2, -0.15) is 0 Å². The molecule has 0 saturated heterocycles. The summed E-state index contributed by atoms with van der Waals surface area (Å²) < 4.78 is 21.6. The Hall–Kier alpha value is -4.62. The van der Waals surface area contributed by atoms with Crippen LogP contribution in [0.15, 0.2) is 97.6 Å². The number of aliphatic hydroxyl groups excluding tert-OH is 1. The van der Waals surface area contributed by atoms with Crippen molar-refractivity contribution in [2.75, 3.05) is 33.0 Å². The molecule has 1 N–H and O–H groups in total. The van der Waals surface area contributed by atoms with E-state index in [-0.39, 0.29) is 18.1 Å². The van der Waals surface area contributed by atoms with Crippen LogP contribution in [0.1, 0.15) is 49.7 Å². The second-order valence-electron chi connectivity index (χ2n) is 10.1. The third-order valence-electron chi connectivity index (χ3n) is 6.69. The van der Waals surface area contributed by atoms with Crippen molar-refractivity contribution in [2.45, 2.75) is 38.5 Å². The summed E-state index contributed by atoms with van der Waals surface area (Å²) in [6.45, 7) is 8.32. The zero-order valence-electron chi connectivity index (χ0n) is 25.2. The lowest BCUT2D eigenvalue weighted by molar-refractivity contribution is -0.140. The molecule has 0 saturated carbocycles. The first-order valence-electron chi connectivity index (χ1n) is 15.0. The average Bonchev–Trinajstić information content (AvgIpc) is 3.07. The van der Waals surface area contributed by atoms with Crippen molar-refractivity contribution in [1.82, 2.24) is 0 Å². The number of esters is 2. The van der Waals surface area contributed by atoms with Crippen LogP contribution in [0.2, 0.25) is 0 Å². The SMILES string of the molecule is C=CC(=O)OCCCCCCOc1ccc(-c2ccc(/C=C/c3ccc(OCCCCOC(=O)C(=C)CO)cc3)cc2)cc1. The van der Waals surface area contributed by atoms with E-state index in [1.54, 1.807) is 0 Å². The van der Waals surface area contributed by atoms with Crippen molar-refractivity contribution in [2.24, 2.45) is 0 Å². The molecule has 232 valence electrons. The number of unbranched alkanes of at least 4 members (excludes halogenated alkanes) is 4. The maximum absolute atomic E-state index is 11.4. The Morgan fingerprint density at radius 1 is 0.614 bits per heavy atom. The molecular formula is C37H42O7. The number of rotatable bonds is 20. The normalized spacial score (nSPS) is 10.8. The smallest absolute Gasteiger partial charge is 0.335 e. The van der Waals surface area contributed by atoms with Crippen molar-refractivity contribution < 1.29 is 33.6 Å². The molecule has 0 amide bonds. The van der Waals surface area contributed by atoms with Crippen molar-refractivity contribution in [3.05, 3.63) is 109 Å². The molecule has 7 nitrogen and oxygen atoms in total. The summed E-state index contributed by atoms with van der Waals surface area (Å²) in [4.78, 5) is 22.4. The van der Waals surface area contributed by atoms with Gasteiger partial charge in [0.1, 0.15) is 11.5 Å². The van der Waals surface area contributed by atoms with Crippen LogP contribution in [0.3, 0.4) is 0 Å². The molecule has 0 aliphatic carbocycles. The molecule has 0 spiro atoms. The Labute approximate surface area is 260 Å². The van der Waals surface area contributed by atoms with E-state index in [1.807, 2.05) is 36.4 Å². The molecule has 0 aromatic heterocycles. The molecule has 0 radical (unpaired) electrons. The van der Waals surface area contributed by atoms with Crippen LogP contribution in [-0.4, -0.2) is 50.1 Å². The maximum atomic E-state index is 11.4. The number of hydrogen-bond donors (Lipinski definition) is 1. The summed E-state index contributed by atoms with van der Waals surface area (Å²) in [5, 5.41) is 8.86. The molecule has 0 bridgehead atoms. The summed E-state index contributed by atoms with van der Waals surface area (Å²) >= 11 is 0. The predicted molar refractivity (Wildman–Crippen MR) is 174 cm³/mol. The van der Waals surface area contributed by atoms with Gasteiger partial charge in [-0.25, -0.2) is 9.59 Å². The predicted octanol–water partition coefficient (Wildman–Crippen LogP) is 7.44. The van der Waals surface area contributed by atoms with E-state index in [2.05, 4.69) is 61.7 Å². The topological polar surface area (TPSA) is 91.3 Å². The highest BCUT2D eigenvalue weighted by Crippen LogP contribution is 2.24. The molecule has 44 heavy (non-hydrogen) atoms. The van der Waals surface area contributed by atoms with Crippen LogP contribution in [-0.2, 0) is 19.1 Å². The van der Waals surface area contributed by atoms with Gasteiger partial charge < -0.3 is 24.1 Å². The lowest BCUT2D eigenvalue weighted by Crippen LogP contribution is -2.11. The third-order valence-corrected chi connectivity index (χ3v) is 6.69. The van der Waals surface area contributed by atoms with Crippen molar-refractivity contribution in [3.8, 4) is 22.6 Å². The van der Waals surface area contributed by atoms with Gasteiger partial charge in [0.25, 0.3) is 0 Å². The van der Waals surface area contributed by atoms with Crippen LogP contribution in [0, 0.1) is 0 Å². The van der Waals surface area contributed by atoms with Gasteiger partial charge >= 0.3 is 11.9 Å². The molecule has 0 fully saturated rings. The van der Waals surface area contributed by atoms with Crippen LogP contribution >= 0.6 is 0 Å². The van der Waals surface area contributed by atoms with Crippen molar-refractivity contribution >= 4 is 24.1 Å². The van der Waals surface area contributed by atoms with E-state index in [0.29, 0.717) is 26.2 Å². The van der Waals surface area contributed by atoms with Gasteiger partial charge in [0, 0.05) is 6.08 Å². The standard InChI is InChI=1S/C37H42O7/c1-3-36(39)43-26-7-5-4-6-24-41-35-22-18-33(19-23-35)32-16-12-30(13-17-32)10-11-31-14-20-34(21-15-31)42-25-8-9-27-44-37(40)29(2)28-38/h3,10-23,38H,1-2,4-9,24-28H2/b11-10+. The molecule has 3 aromatic rings. The summed E-state index contributed by atoms with van der Waals surface area (Å²) in [7, 11) is 0. The minimum Gasteiger partial charge on any atom is -0.494 e. The average molecular weight is 599 g/mol. The fraction of sp³-hybridized carbons (Fsp3) is 0.297. The monoisotopic (exact) mass is 598 g/mol. The lowest BCUT2D eigenvalue weighted by atomic mass is 10.0. The summed E-state index contributed by atoms with van der Waals surface area (Å²) in [6.07, 6.45) is 10.6. The van der Waals surface area contributed by atoms with Gasteiger partial charge in [-0.3, -0.25) is 0 Å². The van der Waals surface area contributed by atoms with Crippen LogP contribution in [0.25, 0.3) is 23.3 Å². The van der Waals surface area contributed by atoms with E-state index < -0.39 is 12.6 Å². The fourth-order valence-electron chi connectivity index (χ4n) is 4.10. The Balaban J connectivity index is 1.33. The minimum absolute atomic E-state index is 0.0589. The zero-order chi connectivity index (χ0) is 31.4. The molecule has 0 heterocycles. The Morgan fingerprint density at radius 3 is 1.59 bits per heavy atom. The Bertz CT molecular complexity index is 1340. The van der Waals surface area contributed by atoms with Crippen LogP contribution in [0.5, 0.6) is 11.5 Å². The number of carbonyl (C=O) groups is 2. The number of hydrogen-bond acceptors (Lipinski definition) is 7. The van der Waals surface area contributed by atoms with Crippen LogP contribution < -0.4 is 9.47 Å².